The number of nitrogens with one attached hydrogen (secondary N) is 3. The number of imidazole rings is 4. The molecule has 10 aromatic rings. The molecule has 723 valence electrons. The van der Waals surface area contributed by atoms with Gasteiger partial charge in [0.05, 0.1) is 117 Å². The van der Waals surface area contributed by atoms with Gasteiger partial charge in [0.25, 0.3) is 20.0 Å². The van der Waals surface area contributed by atoms with E-state index in [1.165, 1.54) is 12.1 Å². The number of aldehydes is 1. The fourth-order valence-corrected chi connectivity index (χ4v) is 15.7. The first kappa shape index (κ1) is 117. The minimum absolute atomic E-state index is 0. The van der Waals surface area contributed by atoms with Crippen molar-refractivity contribution in [2.24, 2.45) is 28.7 Å². The molecular weight excluding hydrogens is 1770 g/mol. The van der Waals surface area contributed by atoms with Crippen LogP contribution < -0.4 is 50.4 Å². The smallest absolute Gasteiger partial charge is 1.00 e. The molecule has 5 fully saturated rings. The fraction of sp³-hybridized carbons (Fsp3) is 0.489. The number of rotatable bonds is 12. The number of nitrogens with zero attached hydrogens (tertiary/aromatic N) is 13. The summed E-state index contributed by atoms with van der Waals surface area (Å²) < 4.78 is 75.4. The summed E-state index contributed by atoms with van der Waals surface area (Å²) in [5, 5.41) is 28.6. The van der Waals surface area contributed by atoms with Gasteiger partial charge in [-0.2, -0.15) is 18.4 Å². The molecule has 133 heavy (non-hydrogen) atoms. The van der Waals surface area contributed by atoms with E-state index in [1.54, 1.807) is 115 Å². The standard InChI is InChI=1S/C18H25N3O3.C18H23N3O3.C17H25N3O4S.C13H17N3O.C10H17NO3.C8H6N2O.C7H10N2O2S.3CH4.B.ClH.Na.H/c2*1-18(2,3)24-17(23)20-9-7-13(8-10-20)16(22)15-6-4-5-14-11-19-12-21(14)15;1-13-5-7-15(8-6-13)25(22,23)19-18-14-9-11-20(12-10-14)16(21)24-17(2,3)4;17-13(10-4-6-14-7-5-10)12-3-1-2-11-8-15-9-16(11)12;1-10(2,3)14-9(13)11-6-4-8(12)5-7-11;11-5-8-3-1-2-7-4-9-6-10(7)8;1-6-2-4-7(5-3-6)12(10,11)9-8;;;;;;;/h4-6,11-13,16,22H,7-10H2,1-3H3;4-6,11-13H,7-10H2,1-3H3;5-8,19H,9-12H2,1-4H3;1-3,8-10,13-14,17H,4-7H2;4-7H2,1-3H3;1-6H;2-5,9H,8H2,1H3;3*1H4;;1H;;/q;;;;;;;;;;;;+1;-1. The van der Waals surface area contributed by atoms with E-state index in [-0.39, 0.29) is 132 Å². The van der Waals surface area contributed by atoms with Gasteiger partial charge in [-0.3, -0.25) is 29.0 Å². The van der Waals surface area contributed by atoms with Crippen LogP contribution >= 0.6 is 12.4 Å². The minimum atomic E-state index is -3.67. The number of sulfonamides is 2. The Hall–Kier alpha value is -10.2. The minimum Gasteiger partial charge on any atom is -1.00 e. The van der Waals surface area contributed by atoms with Gasteiger partial charge in [0.15, 0.2) is 12.1 Å². The Morgan fingerprint density at radius 2 is 0.812 bits per heavy atom. The molecule has 0 aliphatic carbocycles. The first-order chi connectivity index (χ1) is 60.0. The van der Waals surface area contributed by atoms with Gasteiger partial charge < -0.3 is 64.3 Å². The molecule has 15 rings (SSSR count). The molecule has 5 aliphatic heterocycles. The number of hydrazone groups is 1. The number of benzene rings is 2. The average molecular weight is 1910 g/mol. The van der Waals surface area contributed by atoms with E-state index in [0.717, 1.165) is 95.4 Å². The second kappa shape index (κ2) is 53.2. The van der Waals surface area contributed by atoms with Crippen molar-refractivity contribution in [1.29, 1.82) is 0 Å². The molecule has 4 amide bonds. The van der Waals surface area contributed by atoms with Crippen LogP contribution in [-0.2, 0) is 43.8 Å². The van der Waals surface area contributed by atoms with Crippen molar-refractivity contribution in [3.8, 4) is 0 Å². The molecule has 0 saturated carbocycles. The van der Waals surface area contributed by atoms with Gasteiger partial charge in [-0.25, -0.2) is 52.4 Å². The molecule has 0 spiro atoms. The van der Waals surface area contributed by atoms with Gasteiger partial charge >= 0.3 is 53.9 Å². The van der Waals surface area contributed by atoms with E-state index in [1.807, 2.05) is 183 Å². The van der Waals surface area contributed by atoms with E-state index in [0.29, 0.717) is 108 Å². The predicted octanol–water partition coefficient (Wildman–Crippen LogP) is 12.2. The van der Waals surface area contributed by atoms with Crippen LogP contribution in [-0.4, -0.2) is 228 Å². The molecule has 2 atom stereocenters. The number of ether oxygens (including phenoxy) is 4. The quantitative estimate of drug-likeness (QED) is 0.0165. The monoisotopic (exact) mass is 1910 g/mol. The Morgan fingerprint density at radius 3 is 1.20 bits per heavy atom. The summed E-state index contributed by atoms with van der Waals surface area (Å²) >= 11 is 0. The van der Waals surface area contributed by atoms with Gasteiger partial charge in [-0.1, -0.05) is 81.9 Å². The van der Waals surface area contributed by atoms with E-state index >= 15 is 0 Å². The molecule has 34 nitrogen and oxygen atoms in total. The number of carbonyl (C=O) groups excluding carboxylic acids is 7. The van der Waals surface area contributed by atoms with E-state index in [2.05, 4.69) is 35.2 Å². The second-order valence-corrected chi connectivity index (χ2v) is 38.9. The normalized spacial score (nSPS) is 15.4. The maximum atomic E-state index is 12.8. The molecular formula is C94H137BClN17NaO17S2. The van der Waals surface area contributed by atoms with Gasteiger partial charge in [0.2, 0.25) is 0 Å². The maximum Gasteiger partial charge on any atom is 1.00 e. The number of hydrogen-bond donors (Lipinski definition) is 6. The SMILES string of the molecule is C.C.C.CC(C)(C)OC(=O)N1CCC(=O)CC1.CC(C)(C)OC(=O)N1CCC(C(=O)c2cccc3cncn23)CC1.CC(C)(C)OC(=O)N1CCC(C(O)c2cccc3cncn23)CC1.Cc1ccc(S(=O)(=O)NN)cc1.Cc1ccc(S(=O)(=O)NN=C2CCN(C(=O)OC(C)(C)C)CC2)cc1.Cl.O=Cc1cccc2cncn12.OC(c1cccc2cncn12)C1CCNCC1.[B].[H-].[Na+]. The van der Waals surface area contributed by atoms with E-state index in [4.69, 9.17) is 24.8 Å². The zero-order chi connectivity index (χ0) is 92.6. The first-order valence-electron chi connectivity index (χ1n) is 42.6. The van der Waals surface area contributed by atoms with Crippen LogP contribution in [0.15, 0.2) is 186 Å². The van der Waals surface area contributed by atoms with Gasteiger partial charge in [-0.15, -0.1) is 12.4 Å². The number of fused-ring (bicyclic) bond motifs is 4. The summed E-state index contributed by atoms with van der Waals surface area (Å²) in [7, 11) is -7.16. The van der Waals surface area contributed by atoms with E-state index in [9.17, 15) is 60.6 Å². The summed E-state index contributed by atoms with van der Waals surface area (Å²) in [6.07, 6.45) is 19.3. The van der Waals surface area contributed by atoms with Crippen LogP contribution in [0.4, 0.5) is 19.2 Å². The van der Waals surface area contributed by atoms with Crippen molar-refractivity contribution in [2.75, 3.05) is 65.4 Å². The Bertz CT molecular complexity index is 5600. The number of likely N-dealkylation sites (tertiary alicyclic amines) is 4. The number of piperidine rings is 5. The number of pyridine rings is 4. The molecule has 2 unspecified atom stereocenters. The zero-order valence-corrected chi connectivity index (χ0v) is 81.4. The number of hydrogen-bond acceptors (Lipinski definition) is 24. The maximum absolute atomic E-state index is 12.8. The number of aryl methyl sites for hydroxylation is 2. The number of halogens is 1. The molecule has 2 aromatic carbocycles. The van der Waals surface area contributed by atoms with Crippen molar-refractivity contribution in [3.63, 3.8) is 0 Å². The van der Waals surface area contributed by atoms with E-state index < -0.39 is 54.7 Å². The Morgan fingerprint density at radius 1 is 0.481 bits per heavy atom. The topological polar surface area (TPSA) is 422 Å². The molecule has 0 bridgehead atoms. The third-order valence-corrected chi connectivity index (χ3v) is 23.4. The number of hydrazine groups is 1. The predicted molar refractivity (Wildman–Crippen MR) is 515 cm³/mol. The zero-order valence-electron chi connectivity index (χ0n) is 78.0. The van der Waals surface area contributed by atoms with Crippen molar-refractivity contribution < 1.29 is 111 Å². The Labute approximate surface area is 815 Å². The van der Waals surface area contributed by atoms with Crippen LogP contribution in [0.2, 0.25) is 0 Å². The number of aromatic nitrogens is 8. The summed E-state index contributed by atoms with van der Waals surface area (Å²) in [6.45, 7) is 32.1. The number of amides is 4. The molecule has 39 heteroatoms. The van der Waals surface area contributed by atoms with Crippen LogP contribution in [0, 0.1) is 31.6 Å². The van der Waals surface area contributed by atoms with Crippen molar-refractivity contribution in [2.45, 2.75) is 228 Å². The average Bonchev–Trinajstić information content (AvgIpc) is 1.43. The summed E-state index contributed by atoms with van der Waals surface area (Å²) in [4.78, 5) is 109. The number of nitrogens with two attached hydrogens (primary N) is 1. The van der Waals surface area contributed by atoms with Crippen LogP contribution in [0.5, 0.6) is 0 Å². The van der Waals surface area contributed by atoms with Crippen molar-refractivity contribution in [3.05, 3.63) is 205 Å². The number of Topliss-reactive ketones (excluding diaryl/α,β-unsaturated/α-hetero) is 2. The molecule has 8 aromatic heterocycles. The van der Waals surface area contributed by atoms with Crippen LogP contribution in [0.25, 0.3) is 22.1 Å². The third-order valence-electron chi connectivity index (χ3n) is 21.0. The number of aliphatic hydroxyl groups is 2. The van der Waals surface area contributed by atoms with Crippen molar-refractivity contribution >= 4 is 111 Å². The van der Waals surface area contributed by atoms with Gasteiger partial charge in [0.1, 0.15) is 28.2 Å². The first-order valence-corrected chi connectivity index (χ1v) is 45.5. The number of aliphatic hydroxyl groups excluding tert-OH is 2. The second-order valence-electron chi connectivity index (χ2n) is 35.5. The summed E-state index contributed by atoms with van der Waals surface area (Å²) in [6, 6.07) is 35.9. The number of carbonyl (C=O) groups is 7. The molecule has 5 aliphatic rings. The Kier molecular flexibility index (Phi) is 46.8. The van der Waals surface area contributed by atoms with Gasteiger partial charge in [-0.05, 0) is 233 Å². The Balaban J connectivity index is 0.000000534. The van der Waals surface area contributed by atoms with Crippen LogP contribution in [0.3, 0.4) is 0 Å². The van der Waals surface area contributed by atoms with Crippen molar-refractivity contribution in [1.82, 2.24) is 72.1 Å². The fourth-order valence-electron chi connectivity index (χ4n) is 14.2. The molecule has 3 radical (unpaired) electrons. The molecule has 5 saturated heterocycles. The largest absolute Gasteiger partial charge is 1.00 e. The summed E-state index contributed by atoms with van der Waals surface area (Å²) in [5.74, 6) is 5.58. The number of ketones is 2. The van der Waals surface area contributed by atoms with Crippen LogP contribution in [0.1, 0.15) is 227 Å². The third kappa shape index (κ3) is 35.9. The van der Waals surface area contributed by atoms with Gasteiger partial charge in [0, 0.05) is 98.1 Å². The molecule has 13 heterocycles. The molecule has 7 N–H and O–H groups in total. The summed E-state index contributed by atoms with van der Waals surface area (Å²) in [5.41, 5.74) is 7.67.